The van der Waals surface area contributed by atoms with Crippen LogP contribution in [0.25, 0.3) is 0 Å². The fraction of sp³-hybridized carbons (Fsp3) is 0.375. The van der Waals surface area contributed by atoms with Gasteiger partial charge in [0.2, 0.25) is 11.8 Å². The van der Waals surface area contributed by atoms with E-state index in [0.29, 0.717) is 24.3 Å². The predicted octanol–water partition coefficient (Wildman–Crippen LogP) is 6.44. The van der Waals surface area contributed by atoms with Crippen LogP contribution in [-0.2, 0) is 29.0 Å². The van der Waals surface area contributed by atoms with Gasteiger partial charge in [-0.15, -0.1) is 0 Å². The minimum atomic E-state index is -0.781. The average molecular weight is 503 g/mol. The third-order valence-corrected chi connectivity index (χ3v) is 6.34. The molecule has 5 heteroatoms. The van der Waals surface area contributed by atoms with E-state index < -0.39 is 11.6 Å². The maximum absolute atomic E-state index is 14.7. The molecule has 37 heavy (non-hydrogen) atoms. The Morgan fingerprint density at radius 1 is 0.865 bits per heavy atom. The number of hydrogen-bond acceptors (Lipinski definition) is 2. The van der Waals surface area contributed by atoms with Crippen LogP contribution in [0, 0.1) is 5.82 Å². The van der Waals surface area contributed by atoms with Crippen molar-refractivity contribution in [2.24, 2.45) is 0 Å². The van der Waals surface area contributed by atoms with Crippen LogP contribution in [0.1, 0.15) is 69.2 Å². The molecular weight excluding hydrogens is 463 g/mol. The van der Waals surface area contributed by atoms with Gasteiger partial charge in [0.1, 0.15) is 11.9 Å². The third-order valence-electron chi connectivity index (χ3n) is 6.34. The molecule has 1 atom stereocenters. The second-order valence-electron chi connectivity index (χ2n) is 11.0. The molecule has 0 aromatic heterocycles. The molecule has 0 fully saturated rings. The first kappa shape index (κ1) is 28.1. The lowest BCUT2D eigenvalue weighted by Gasteiger charge is -2.34. The minimum absolute atomic E-state index is 0.0207. The van der Waals surface area contributed by atoms with E-state index in [1.807, 2.05) is 51.1 Å². The van der Waals surface area contributed by atoms with E-state index in [0.717, 1.165) is 11.1 Å². The van der Waals surface area contributed by atoms with Crippen molar-refractivity contribution in [3.05, 3.63) is 107 Å². The van der Waals surface area contributed by atoms with E-state index >= 15 is 0 Å². The molecule has 0 unspecified atom stereocenters. The Kier molecular flexibility index (Phi) is 9.62. The van der Waals surface area contributed by atoms with Crippen molar-refractivity contribution in [3.8, 4) is 0 Å². The number of nitrogens with zero attached hydrogens (tertiary/aromatic N) is 1. The third kappa shape index (κ3) is 8.56. The summed E-state index contributed by atoms with van der Waals surface area (Å²) in [5.74, 6) is -0.380. The molecule has 0 aliphatic carbocycles. The molecule has 0 saturated heterocycles. The summed E-state index contributed by atoms with van der Waals surface area (Å²) in [6.45, 7) is 10.0. The van der Waals surface area contributed by atoms with Crippen molar-refractivity contribution in [2.45, 2.75) is 77.9 Å². The van der Waals surface area contributed by atoms with Crippen molar-refractivity contribution >= 4 is 11.8 Å². The summed E-state index contributed by atoms with van der Waals surface area (Å²) in [7, 11) is 0. The molecule has 0 aliphatic rings. The van der Waals surface area contributed by atoms with E-state index in [9.17, 15) is 14.0 Å². The Labute approximate surface area is 220 Å². The van der Waals surface area contributed by atoms with Gasteiger partial charge in [0.15, 0.2) is 0 Å². The summed E-state index contributed by atoms with van der Waals surface area (Å²) in [6.07, 6.45) is 1.11. The lowest BCUT2D eigenvalue weighted by Crippen LogP contribution is -2.54. The van der Waals surface area contributed by atoms with Crippen molar-refractivity contribution in [2.75, 3.05) is 0 Å². The number of benzene rings is 3. The quantitative estimate of drug-likeness (QED) is 0.347. The molecule has 1 N–H and O–H groups in total. The number of aryl methyl sites for hydroxylation is 1. The average Bonchev–Trinajstić information content (AvgIpc) is 2.85. The van der Waals surface area contributed by atoms with Crippen LogP contribution >= 0.6 is 0 Å². The number of nitrogens with one attached hydrogen (secondary N) is 1. The summed E-state index contributed by atoms with van der Waals surface area (Å²) in [5.41, 5.74) is 3.16. The molecule has 3 rings (SSSR count). The first-order valence-corrected chi connectivity index (χ1v) is 13.0. The van der Waals surface area contributed by atoms with Crippen LogP contribution < -0.4 is 5.32 Å². The Bertz CT molecular complexity index is 1170. The Balaban J connectivity index is 1.91. The second-order valence-corrected chi connectivity index (χ2v) is 11.0. The van der Waals surface area contributed by atoms with E-state index in [1.54, 1.807) is 23.1 Å². The van der Waals surface area contributed by atoms with Crippen LogP contribution in [0.5, 0.6) is 0 Å². The Morgan fingerprint density at radius 2 is 1.49 bits per heavy atom. The molecule has 3 aromatic rings. The summed E-state index contributed by atoms with van der Waals surface area (Å²) in [6, 6.07) is 23.6. The highest BCUT2D eigenvalue weighted by molar-refractivity contribution is 5.88. The zero-order valence-electron chi connectivity index (χ0n) is 22.6. The summed E-state index contributed by atoms with van der Waals surface area (Å²) < 4.78 is 14.7. The molecule has 0 aliphatic heterocycles. The van der Waals surface area contributed by atoms with E-state index in [2.05, 4.69) is 43.4 Å². The molecule has 3 aromatic carbocycles. The van der Waals surface area contributed by atoms with Crippen molar-refractivity contribution in [1.29, 1.82) is 0 Å². The maximum Gasteiger partial charge on any atom is 0.243 e. The maximum atomic E-state index is 14.7. The van der Waals surface area contributed by atoms with Gasteiger partial charge in [-0.2, -0.15) is 0 Å². The molecule has 196 valence electrons. The van der Waals surface area contributed by atoms with Gasteiger partial charge in [-0.05, 0) is 55.9 Å². The minimum Gasteiger partial charge on any atom is -0.350 e. The summed E-state index contributed by atoms with van der Waals surface area (Å²) in [5, 5.41) is 3.04. The smallest absolute Gasteiger partial charge is 0.243 e. The van der Waals surface area contributed by atoms with Crippen LogP contribution in [0.4, 0.5) is 4.39 Å². The van der Waals surface area contributed by atoms with Gasteiger partial charge in [-0.25, -0.2) is 4.39 Å². The van der Waals surface area contributed by atoms with Gasteiger partial charge in [0, 0.05) is 30.5 Å². The van der Waals surface area contributed by atoms with Crippen LogP contribution in [0.15, 0.2) is 78.9 Å². The highest BCUT2D eigenvalue weighted by atomic mass is 19.1. The van der Waals surface area contributed by atoms with Crippen molar-refractivity contribution in [3.63, 3.8) is 0 Å². The van der Waals surface area contributed by atoms with Crippen molar-refractivity contribution < 1.29 is 14.0 Å². The molecule has 0 radical (unpaired) electrons. The van der Waals surface area contributed by atoms with Gasteiger partial charge in [0.25, 0.3) is 0 Å². The zero-order valence-corrected chi connectivity index (χ0v) is 22.6. The summed E-state index contributed by atoms with van der Waals surface area (Å²) >= 11 is 0. The van der Waals surface area contributed by atoms with E-state index in [-0.39, 0.29) is 30.6 Å². The number of hydrogen-bond donors (Lipinski definition) is 1. The van der Waals surface area contributed by atoms with Gasteiger partial charge in [-0.3, -0.25) is 9.59 Å². The number of halogens is 1. The van der Waals surface area contributed by atoms with Crippen LogP contribution in [0.2, 0.25) is 0 Å². The normalized spacial score (nSPS) is 12.3. The fourth-order valence-electron chi connectivity index (χ4n) is 4.28. The first-order chi connectivity index (χ1) is 17.5. The van der Waals surface area contributed by atoms with E-state index in [4.69, 9.17) is 0 Å². The molecule has 2 amide bonds. The highest BCUT2D eigenvalue weighted by Gasteiger charge is 2.32. The Morgan fingerprint density at radius 3 is 2.08 bits per heavy atom. The second kappa shape index (κ2) is 12.7. The molecule has 0 saturated carbocycles. The zero-order chi connectivity index (χ0) is 27.0. The first-order valence-electron chi connectivity index (χ1n) is 13.0. The summed E-state index contributed by atoms with van der Waals surface area (Å²) in [4.78, 5) is 28.8. The number of carbonyl (C=O) groups is 2. The van der Waals surface area contributed by atoms with Crippen LogP contribution in [-0.4, -0.2) is 28.3 Å². The van der Waals surface area contributed by atoms with E-state index in [1.165, 1.54) is 11.6 Å². The van der Waals surface area contributed by atoms with Crippen molar-refractivity contribution in [1.82, 2.24) is 10.2 Å². The Hall–Kier alpha value is -3.47. The van der Waals surface area contributed by atoms with Gasteiger partial charge < -0.3 is 10.2 Å². The molecule has 0 spiro atoms. The molecular formula is C32H39FN2O2. The fourth-order valence-corrected chi connectivity index (χ4v) is 4.28. The molecule has 0 heterocycles. The highest BCUT2D eigenvalue weighted by Crippen LogP contribution is 2.20. The number of carbonyl (C=O) groups excluding carboxylic acids is 2. The predicted molar refractivity (Wildman–Crippen MR) is 148 cm³/mol. The van der Waals surface area contributed by atoms with Crippen LogP contribution in [0.3, 0.4) is 0 Å². The number of rotatable bonds is 10. The largest absolute Gasteiger partial charge is 0.350 e. The van der Waals surface area contributed by atoms with Gasteiger partial charge in [-0.1, -0.05) is 86.6 Å². The molecule has 4 nitrogen and oxygen atoms in total. The topological polar surface area (TPSA) is 49.4 Å². The van der Waals surface area contributed by atoms with Gasteiger partial charge >= 0.3 is 0 Å². The lowest BCUT2D eigenvalue weighted by molar-refractivity contribution is -0.142. The lowest BCUT2D eigenvalue weighted by atomic mass is 9.98. The molecule has 0 bridgehead atoms. The van der Waals surface area contributed by atoms with Gasteiger partial charge in [0.05, 0.1) is 0 Å². The SMILES string of the molecule is CC(C)c1ccc(CCC(=O)N(Cc2ccccc2F)[C@@H](Cc2ccccc2)C(=O)NC(C)(C)C)cc1. The standard InChI is InChI=1S/C32H39FN2O2/c1-23(2)26-18-15-24(16-19-26)17-20-30(36)35(22-27-13-9-10-14-28(27)33)29(31(37)34-32(3,4)5)21-25-11-7-6-8-12-25/h6-16,18-19,23,29H,17,20-22H2,1-5H3,(H,34,37)/t29-/m0/s1. The monoisotopic (exact) mass is 502 g/mol. The number of amides is 2.